The van der Waals surface area contributed by atoms with Gasteiger partial charge in [-0.1, -0.05) is 12.1 Å². The normalized spacial score (nSPS) is 11.4. The van der Waals surface area contributed by atoms with Gasteiger partial charge >= 0.3 is 12.1 Å². The van der Waals surface area contributed by atoms with Gasteiger partial charge < -0.3 is 42.0 Å². The monoisotopic (exact) mass is 465 g/mol. The first-order valence-electron chi connectivity index (χ1n) is 10.6. The molecule has 7 N–H and O–H groups in total. The van der Waals surface area contributed by atoms with Crippen LogP contribution in [0.3, 0.4) is 0 Å². The second-order valence-corrected chi connectivity index (χ2v) is 7.72. The molecule has 0 spiro atoms. The highest BCUT2D eigenvalue weighted by molar-refractivity contribution is 5.97. The van der Waals surface area contributed by atoms with Crippen LogP contribution in [0.25, 0.3) is 0 Å². The van der Waals surface area contributed by atoms with E-state index in [4.69, 9.17) is 16.2 Å². The number of hydrogen-bond acceptors (Lipinski definition) is 7. The highest BCUT2D eigenvalue weighted by Crippen LogP contribution is 2.12. The molecule has 0 aromatic heterocycles. The smallest absolute Gasteiger partial charge is 0.409 e. The molecule has 12 nitrogen and oxygen atoms in total. The minimum atomic E-state index is -0.825. The van der Waals surface area contributed by atoms with E-state index in [0.29, 0.717) is 18.7 Å². The fourth-order valence-corrected chi connectivity index (χ4v) is 2.65. The van der Waals surface area contributed by atoms with Crippen LogP contribution in [-0.2, 0) is 20.9 Å². The first-order chi connectivity index (χ1) is 15.6. The van der Waals surface area contributed by atoms with Crippen molar-refractivity contribution in [2.75, 3.05) is 52.6 Å². The van der Waals surface area contributed by atoms with E-state index in [1.165, 1.54) is 4.90 Å². The zero-order chi connectivity index (χ0) is 24.8. The average Bonchev–Trinajstić information content (AvgIpc) is 2.78. The summed E-state index contributed by atoms with van der Waals surface area (Å²) in [7, 11) is 5.53. The van der Waals surface area contributed by atoms with Gasteiger partial charge in [-0.15, -0.1) is 0 Å². The summed E-state index contributed by atoms with van der Waals surface area (Å²) < 4.78 is 5.29. The molecule has 0 saturated carbocycles. The molecule has 0 radical (unpaired) electrons. The summed E-state index contributed by atoms with van der Waals surface area (Å²) in [5.74, 6) is -0.886. The van der Waals surface area contributed by atoms with Crippen molar-refractivity contribution in [2.24, 2.45) is 11.5 Å². The molecule has 0 saturated heterocycles. The lowest BCUT2D eigenvalue weighted by atomic mass is 10.1. The number of nitrogens with two attached hydrogens (primary N) is 2. The molecule has 1 rings (SSSR count). The van der Waals surface area contributed by atoms with Crippen LogP contribution in [0.2, 0.25) is 0 Å². The molecule has 1 atom stereocenters. The van der Waals surface area contributed by atoms with Gasteiger partial charge in [-0.05, 0) is 44.6 Å². The summed E-state index contributed by atoms with van der Waals surface area (Å²) in [6, 6.07) is 5.32. The van der Waals surface area contributed by atoms with E-state index < -0.39 is 30.0 Å². The van der Waals surface area contributed by atoms with Crippen LogP contribution in [0.1, 0.15) is 18.4 Å². The van der Waals surface area contributed by atoms with Gasteiger partial charge in [0, 0.05) is 32.4 Å². The Hall–Kier alpha value is -3.38. The molecule has 0 aliphatic heterocycles. The Labute approximate surface area is 194 Å². The van der Waals surface area contributed by atoms with Crippen molar-refractivity contribution in [1.82, 2.24) is 20.4 Å². The van der Waals surface area contributed by atoms with E-state index in [1.807, 2.05) is 19.0 Å². The SMILES string of the molecule is CN(C)CCN(C)C(=O)OCc1ccc(NC(=O)C(CCCNC(N)=O)NC(=O)CN)cc1. The fourth-order valence-electron chi connectivity index (χ4n) is 2.65. The Morgan fingerprint density at radius 2 is 1.73 bits per heavy atom. The number of amides is 5. The van der Waals surface area contributed by atoms with Crippen LogP contribution in [-0.4, -0.2) is 87.1 Å². The second-order valence-electron chi connectivity index (χ2n) is 7.72. The van der Waals surface area contributed by atoms with Gasteiger partial charge in [0.15, 0.2) is 0 Å². The van der Waals surface area contributed by atoms with Crippen molar-refractivity contribution in [2.45, 2.75) is 25.5 Å². The average molecular weight is 466 g/mol. The van der Waals surface area contributed by atoms with Gasteiger partial charge in [0.05, 0.1) is 6.54 Å². The van der Waals surface area contributed by atoms with Gasteiger partial charge in [0.2, 0.25) is 11.8 Å². The molecule has 0 aliphatic carbocycles. The number of benzene rings is 1. The van der Waals surface area contributed by atoms with Crippen molar-refractivity contribution in [3.63, 3.8) is 0 Å². The molecular weight excluding hydrogens is 430 g/mol. The number of carbonyl (C=O) groups excluding carboxylic acids is 4. The lowest BCUT2D eigenvalue weighted by Gasteiger charge is -2.19. The van der Waals surface area contributed by atoms with E-state index in [2.05, 4.69) is 16.0 Å². The predicted octanol–water partition coefficient (Wildman–Crippen LogP) is -0.353. The van der Waals surface area contributed by atoms with Crippen LogP contribution >= 0.6 is 0 Å². The molecule has 184 valence electrons. The largest absolute Gasteiger partial charge is 0.445 e. The van der Waals surface area contributed by atoms with Crippen molar-refractivity contribution in [3.05, 3.63) is 29.8 Å². The summed E-state index contributed by atoms with van der Waals surface area (Å²) >= 11 is 0. The molecule has 33 heavy (non-hydrogen) atoms. The number of primary amides is 1. The number of anilines is 1. The first-order valence-corrected chi connectivity index (χ1v) is 10.6. The molecule has 1 unspecified atom stereocenters. The first kappa shape index (κ1) is 27.7. The molecule has 1 aromatic rings. The lowest BCUT2D eigenvalue weighted by molar-refractivity contribution is -0.125. The van der Waals surface area contributed by atoms with E-state index in [0.717, 1.165) is 12.1 Å². The number of urea groups is 1. The quantitative estimate of drug-likeness (QED) is 0.248. The van der Waals surface area contributed by atoms with Gasteiger partial charge in [-0.25, -0.2) is 9.59 Å². The highest BCUT2D eigenvalue weighted by atomic mass is 16.6. The third-order valence-corrected chi connectivity index (χ3v) is 4.58. The van der Waals surface area contributed by atoms with E-state index in [1.54, 1.807) is 31.3 Å². The van der Waals surface area contributed by atoms with Crippen LogP contribution in [0.5, 0.6) is 0 Å². The fraction of sp³-hybridized carbons (Fsp3) is 0.524. The lowest BCUT2D eigenvalue weighted by Crippen LogP contribution is -2.46. The van der Waals surface area contributed by atoms with Crippen molar-refractivity contribution >= 4 is 29.6 Å². The van der Waals surface area contributed by atoms with E-state index in [-0.39, 0.29) is 26.1 Å². The molecule has 5 amide bonds. The van der Waals surface area contributed by atoms with Crippen molar-refractivity contribution in [1.29, 1.82) is 0 Å². The van der Waals surface area contributed by atoms with Crippen LogP contribution in [0.4, 0.5) is 15.3 Å². The number of hydrogen-bond donors (Lipinski definition) is 5. The molecule has 0 heterocycles. The molecule has 0 aliphatic rings. The van der Waals surface area contributed by atoms with Crippen LogP contribution in [0.15, 0.2) is 24.3 Å². The zero-order valence-electron chi connectivity index (χ0n) is 19.4. The second kappa shape index (κ2) is 14.6. The Balaban J connectivity index is 2.59. The standard InChI is InChI=1S/C21H35N7O5/c1-27(2)11-12-28(3)21(32)33-14-15-6-8-16(9-7-15)25-19(30)17(26-18(29)13-22)5-4-10-24-20(23)31/h6-9,17H,4-5,10-14,22H2,1-3H3,(H,25,30)(H,26,29)(H3,23,24,31). The number of nitrogens with zero attached hydrogens (tertiary/aromatic N) is 2. The Morgan fingerprint density at radius 1 is 1.06 bits per heavy atom. The molecule has 0 bridgehead atoms. The van der Waals surface area contributed by atoms with Gasteiger partial charge in [-0.2, -0.15) is 0 Å². The number of rotatable bonds is 13. The minimum absolute atomic E-state index is 0.0986. The van der Waals surface area contributed by atoms with Crippen molar-refractivity contribution in [3.8, 4) is 0 Å². The number of ether oxygens (including phenoxy) is 1. The Bertz CT molecular complexity index is 786. The molecule has 1 aromatic carbocycles. The highest BCUT2D eigenvalue weighted by Gasteiger charge is 2.20. The van der Waals surface area contributed by atoms with E-state index >= 15 is 0 Å². The van der Waals surface area contributed by atoms with Crippen LogP contribution in [0, 0.1) is 0 Å². The summed E-state index contributed by atoms with van der Waals surface area (Å²) in [6.07, 6.45) is 0.297. The maximum Gasteiger partial charge on any atom is 0.409 e. The number of carbonyl (C=O) groups is 4. The topological polar surface area (TPSA) is 172 Å². The molecule has 0 fully saturated rings. The number of likely N-dealkylation sites (N-methyl/N-ethyl adjacent to an activating group) is 2. The van der Waals surface area contributed by atoms with E-state index in [9.17, 15) is 19.2 Å². The predicted molar refractivity (Wildman–Crippen MR) is 124 cm³/mol. The number of nitrogens with one attached hydrogen (secondary N) is 3. The third-order valence-electron chi connectivity index (χ3n) is 4.58. The van der Waals surface area contributed by atoms with Gasteiger partial charge in [0.25, 0.3) is 0 Å². The minimum Gasteiger partial charge on any atom is -0.445 e. The summed E-state index contributed by atoms with van der Waals surface area (Å²) in [4.78, 5) is 50.5. The zero-order valence-corrected chi connectivity index (χ0v) is 19.4. The van der Waals surface area contributed by atoms with Crippen LogP contribution < -0.4 is 27.4 Å². The molecule has 12 heteroatoms. The third kappa shape index (κ3) is 11.7. The summed E-state index contributed by atoms with van der Waals surface area (Å²) in [5, 5.41) is 7.72. The Morgan fingerprint density at radius 3 is 2.30 bits per heavy atom. The maximum absolute atomic E-state index is 12.6. The summed E-state index contributed by atoms with van der Waals surface area (Å²) in [5.41, 5.74) is 11.6. The van der Waals surface area contributed by atoms with Gasteiger partial charge in [-0.3, -0.25) is 9.59 Å². The summed E-state index contributed by atoms with van der Waals surface area (Å²) in [6.45, 7) is 1.41. The van der Waals surface area contributed by atoms with Crippen molar-refractivity contribution < 1.29 is 23.9 Å². The maximum atomic E-state index is 12.6. The molecular formula is C21H35N7O5. The van der Waals surface area contributed by atoms with Gasteiger partial charge in [0.1, 0.15) is 12.6 Å². The Kier molecular flexibility index (Phi) is 12.3.